The molecular formula is C19H19NO3. The van der Waals surface area contributed by atoms with Gasteiger partial charge in [-0.15, -0.1) is 0 Å². The average Bonchev–Trinajstić information content (AvgIpc) is 2.71. The van der Waals surface area contributed by atoms with Crippen LogP contribution in [0.5, 0.6) is 5.75 Å². The number of carbonyl (C=O) groups excluding carboxylic acids is 1. The zero-order valence-electron chi connectivity index (χ0n) is 13.7. The maximum atomic E-state index is 12.3. The maximum Gasteiger partial charge on any atom is 0.375 e. The fraction of sp³-hybridized carbons (Fsp3) is 0.263. The number of aromatic nitrogens is 1. The van der Waals surface area contributed by atoms with E-state index < -0.39 is 11.6 Å². The van der Waals surface area contributed by atoms with Gasteiger partial charge in [0.1, 0.15) is 11.4 Å². The van der Waals surface area contributed by atoms with Crippen LogP contribution in [0.3, 0.4) is 0 Å². The van der Waals surface area contributed by atoms with Crippen LogP contribution >= 0.6 is 0 Å². The Morgan fingerprint density at radius 2 is 1.74 bits per heavy atom. The monoisotopic (exact) mass is 309 g/mol. The van der Waals surface area contributed by atoms with Crippen molar-refractivity contribution in [3.63, 3.8) is 0 Å². The Labute approximate surface area is 135 Å². The third-order valence-electron chi connectivity index (χ3n) is 3.81. The number of carbonyl (C=O) groups is 1. The zero-order chi connectivity index (χ0) is 16.6. The number of esters is 1. The summed E-state index contributed by atoms with van der Waals surface area (Å²) in [6.07, 6.45) is 1.60. The number of nitrogens with zero attached hydrogens (tertiary/aromatic N) is 1. The molecule has 118 valence electrons. The Bertz CT molecular complexity index is 771. The third kappa shape index (κ3) is 2.97. The van der Waals surface area contributed by atoms with Crippen molar-refractivity contribution in [2.75, 3.05) is 0 Å². The van der Waals surface area contributed by atoms with Crippen LogP contribution in [0.25, 0.3) is 5.57 Å². The molecule has 4 nitrogen and oxygen atoms in total. The van der Waals surface area contributed by atoms with Crippen LogP contribution in [0.2, 0.25) is 0 Å². The van der Waals surface area contributed by atoms with Gasteiger partial charge in [0.25, 0.3) is 0 Å². The van der Waals surface area contributed by atoms with Gasteiger partial charge < -0.3 is 9.47 Å². The number of cyclic esters (lactones) is 1. The van der Waals surface area contributed by atoms with Crippen LogP contribution in [0, 0.1) is 13.8 Å². The van der Waals surface area contributed by atoms with E-state index in [0.29, 0.717) is 5.75 Å². The molecule has 0 atom stereocenters. The molecule has 4 heteroatoms. The molecule has 2 aromatic rings. The minimum Gasteiger partial charge on any atom is -0.449 e. The largest absolute Gasteiger partial charge is 0.449 e. The first-order valence-corrected chi connectivity index (χ1v) is 7.52. The van der Waals surface area contributed by atoms with Gasteiger partial charge in [0.05, 0.1) is 11.8 Å². The molecule has 0 radical (unpaired) electrons. The summed E-state index contributed by atoms with van der Waals surface area (Å²) >= 11 is 0. The lowest BCUT2D eigenvalue weighted by Gasteiger charge is -2.21. The zero-order valence-corrected chi connectivity index (χ0v) is 13.7. The Morgan fingerprint density at radius 1 is 1.04 bits per heavy atom. The van der Waals surface area contributed by atoms with Gasteiger partial charge in [0, 0.05) is 5.69 Å². The first kappa shape index (κ1) is 15.3. The van der Waals surface area contributed by atoms with Crippen molar-refractivity contribution in [1.82, 2.24) is 4.98 Å². The van der Waals surface area contributed by atoms with Crippen LogP contribution in [0.1, 0.15) is 30.7 Å². The molecule has 0 N–H and O–H groups in total. The van der Waals surface area contributed by atoms with E-state index in [1.807, 2.05) is 58.0 Å². The number of aryl methyl sites for hydroxylation is 2. The van der Waals surface area contributed by atoms with Crippen LogP contribution in [-0.4, -0.2) is 16.6 Å². The fourth-order valence-electron chi connectivity index (χ4n) is 2.63. The van der Waals surface area contributed by atoms with Crippen LogP contribution in [0.4, 0.5) is 0 Å². The van der Waals surface area contributed by atoms with Gasteiger partial charge in [-0.25, -0.2) is 4.79 Å². The van der Waals surface area contributed by atoms with Crippen LogP contribution in [0.15, 0.2) is 48.4 Å². The second-order valence-corrected chi connectivity index (χ2v) is 6.21. The molecule has 0 saturated carbocycles. The molecule has 1 aromatic heterocycles. The fourth-order valence-corrected chi connectivity index (χ4v) is 2.63. The van der Waals surface area contributed by atoms with E-state index in [1.54, 1.807) is 12.3 Å². The first-order valence-electron chi connectivity index (χ1n) is 7.52. The van der Waals surface area contributed by atoms with Gasteiger partial charge >= 0.3 is 5.97 Å². The molecule has 23 heavy (non-hydrogen) atoms. The van der Waals surface area contributed by atoms with E-state index in [2.05, 4.69) is 4.98 Å². The SMILES string of the molecule is Cc1ccc(C2=C(Oc3ccc(C)nc3)C(=O)OC2(C)C)cc1. The molecule has 1 aromatic carbocycles. The summed E-state index contributed by atoms with van der Waals surface area (Å²) in [5.41, 5.74) is 2.98. The van der Waals surface area contributed by atoms with Gasteiger partial charge in [-0.1, -0.05) is 29.8 Å². The molecule has 1 aliphatic heterocycles. The standard InChI is InChI=1S/C19H19NO3/c1-12-5-8-14(9-6-12)16-17(18(21)23-19(16,3)4)22-15-10-7-13(2)20-11-15/h5-11H,1-4H3. The molecule has 2 heterocycles. The van der Waals surface area contributed by atoms with Gasteiger partial charge in [0.15, 0.2) is 0 Å². The van der Waals surface area contributed by atoms with E-state index in [9.17, 15) is 4.79 Å². The van der Waals surface area contributed by atoms with E-state index in [1.165, 1.54) is 0 Å². The van der Waals surface area contributed by atoms with E-state index in [4.69, 9.17) is 9.47 Å². The third-order valence-corrected chi connectivity index (χ3v) is 3.81. The average molecular weight is 309 g/mol. The summed E-state index contributed by atoms with van der Waals surface area (Å²) in [5, 5.41) is 0. The molecule has 0 aliphatic carbocycles. The molecule has 0 unspecified atom stereocenters. The smallest absolute Gasteiger partial charge is 0.375 e. The lowest BCUT2D eigenvalue weighted by Crippen LogP contribution is -2.22. The van der Waals surface area contributed by atoms with E-state index in [0.717, 1.165) is 22.4 Å². The van der Waals surface area contributed by atoms with Crippen molar-refractivity contribution in [2.45, 2.75) is 33.3 Å². The number of ether oxygens (including phenoxy) is 2. The van der Waals surface area contributed by atoms with Crippen molar-refractivity contribution >= 4 is 11.5 Å². The highest BCUT2D eigenvalue weighted by Gasteiger charge is 2.43. The van der Waals surface area contributed by atoms with E-state index >= 15 is 0 Å². The molecular weight excluding hydrogens is 290 g/mol. The van der Waals surface area contributed by atoms with Crippen molar-refractivity contribution in [3.05, 3.63) is 65.2 Å². The lowest BCUT2D eigenvalue weighted by atomic mass is 9.91. The second kappa shape index (κ2) is 5.54. The van der Waals surface area contributed by atoms with Crippen molar-refractivity contribution in [2.24, 2.45) is 0 Å². The summed E-state index contributed by atoms with van der Waals surface area (Å²) in [4.78, 5) is 16.5. The van der Waals surface area contributed by atoms with Crippen LogP contribution in [-0.2, 0) is 9.53 Å². The molecule has 0 bridgehead atoms. The van der Waals surface area contributed by atoms with Gasteiger partial charge in [-0.2, -0.15) is 0 Å². The van der Waals surface area contributed by atoms with Gasteiger partial charge in [0.2, 0.25) is 5.76 Å². The minimum atomic E-state index is -0.736. The van der Waals surface area contributed by atoms with Crippen molar-refractivity contribution in [3.8, 4) is 5.75 Å². The second-order valence-electron chi connectivity index (χ2n) is 6.21. The summed E-state index contributed by atoms with van der Waals surface area (Å²) < 4.78 is 11.3. The number of hydrogen-bond donors (Lipinski definition) is 0. The summed E-state index contributed by atoms with van der Waals surface area (Å²) in [5.74, 6) is 0.292. The normalized spacial score (nSPS) is 16.4. The molecule has 0 fully saturated rings. The quantitative estimate of drug-likeness (QED) is 0.809. The number of benzene rings is 1. The molecule has 0 amide bonds. The van der Waals surface area contributed by atoms with Gasteiger partial charge in [-0.3, -0.25) is 4.98 Å². The molecule has 0 saturated heterocycles. The highest BCUT2D eigenvalue weighted by Crippen LogP contribution is 2.40. The Morgan fingerprint density at radius 3 is 2.35 bits per heavy atom. The highest BCUT2D eigenvalue weighted by atomic mass is 16.6. The Balaban J connectivity index is 2.07. The summed E-state index contributed by atoms with van der Waals surface area (Å²) in [6, 6.07) is 11.6. The van der Waals surface area contributed by atoms with Crippen molar-refractivity contribution < 1.29 is 14.3 Å². The molecule has 1 aliphatic rings. The first-order chi connectivity index (χ1) is 10.9. The summed E-state index contributed by atoms with van der Waals surface area (Å²) in [7, 11) is 0. The minimum absolute atomic E-state index is 0.226. The lowest BCUT2D eigenvalue weighted by molar-refractivity contribution is -0.145. The van der Waals surface area contributed by atoms with E-state index in [-0.39, 0.29) is 5.76 Å². The number of hydrogen-bond acceptors (Lipinski definition) is 4. The van der Waals surface area contributed by atoms with Crippen molar-refractivity contribution in [1.29, 1.82) is 0 Å². The Kier molecular flexibility index (Phi) is 3.68. The maximum absolute atomic E-state index is 12.3. The molecule has 3 rings (SSSR count). The topological polar surface area (TPSA) is 48.4 Å². The van der Waals surface area contributed by atoms with Gasteiger partial charge in [-0.05, 0) is 45.4 Å². The highest BCUT2D eigenvalue weighted by molar-refractivity contribution is 6.02. The Hall–Kier alpha value is -2.62. The predicted molar refractivity (Wildman–Crippen MR) is 87.9 cm³/mol. The molecule has 0 spiro atoms. The predicted octanol–water partition coefficient (Wildman–Crippen LogP) is 3.82. The number of pyridine rings is 1. The van der Waals surface area contributed by atoms with Crippen LogP contribution < -0.4 is 4.74 Å². The summed E-state index contributed by atoms with van der Waals surface area (Å²) in [6.45, 7) is 7.65. The number of rotatable bonds is 3.